The van der Waals surface area contributed by atoms with Crippen molar-refractivity contribution in [2.24, 2.45) is 5.16 Å². The van der Waals surface area contributed by atoms with Crippen LogP contribution in [0.25, 0.3) is 0 Å². The lowest BCUT2D eigenvalue weighted by Crippen LogP contribution is -2.21. The van der Waals surface area contributed by atoms with E-state index in [2.05, 4.69) is 33.1 Å². The molecule has 126 valence electrons. The predicted molar refractivity (Wildman–Crippen MR) is 100 cm³/mol. The number of carbonyl (C=O) groups is 1. The van der Waals surface area contributed by atoms with E-state index in [-0.39, 0.29) is 12.5 Å². The van der Waals surface area contributed by atoms with Crippen LogP contribution in [-0.4, -0.2) is 31.0 Å². The van der Waals surface area contributed by atoms with Crippen LogP contribution in [0.5, 0.6) is 11.5 Å². The number of rotatable bonds is 6. The molecule has 2 rings (SSSR count). The number of anilines is 1. The van der Waals surface area contributed by atoms with Gasteiger partial charge < -0.3 is 20.0 Å². The van der Waals surface area contributed by atoms with Crippen molar-refractivity contribution in [1.29, 1.82) is 0 Å². The first-order chi connectivity index (χ1) is 11.5. The van der Waals surface area contributed by atoms with Crippen molar-refractivity contribution in [3.8, 4) is 11.5 Å². The second kappa shape index (κ2) is 8.53. The molecule has 24 heavy (non-hydrogen) atoms. The van der Waals surface area contributed by atoms with Crippen molar-refractivity contribution in [3.63, 3.8) is 0 Å². The van der Waals surface area contributed by atoms with E-state index >= 15 is 0 Å². The van der Waals surface area contributed by atoms with Gasteiger partial charge in [-0.15, -0.1) is 0 Å². The maximum absolute atomic E-state index is 12.1. The van der Waals surface area contributed by atoms with Crippen LogP contribution in [0.3, 0.4) is 0 Å². The van der Waals surface area contributed by atoms with E-state index in [1.165, 1.54) is 13.3 Å². The largest absolute Gasteiger partial charge is 0.493 e. The highest BCUT2D eigenvalue weighted by molar-refractivity contribution is 14.1. The Labute approximate surface area is 153 Å². The Hall–Kier alpha value is -2.29. The summed E-state index contributed by atoms with van der Waals surface area (Å²) in [5.41, 5.74) is 2.39. The number of ether oxygens (including phenoxy) is 2. The Morgan fingerprint density at radius 1 is 1.38 bits per heavy atom. The van der Waals surface area contributed by atoms with Gasteiger partial charge in [0.05, 0.1) is 16.9 Å². The van der Waals surface area contributed by atoms with Gasteiger partial charge in [-0.25, -0.2) is 0 Å². The SMILES string of the molecule is COc1cc(/C=N/O)cc(I)c1OCC(=O)Nc1ccccc1C. The molecule has 0 heterocycles. The van der Waals surface area contributed by atoms with E-state index in [1.807, 2.05) is 31.2 Å². The molecular formula is C17H17IN2O4. The first-order valence-electron chi connectivity index (χ1n) is 7.08. The van der Waals surface area contributed by atoms with Gasteiger partial charge in [0.15, 0.2) is 18.1 Å². The number of para-hydroxylation sites is 1. The minimum Gasteiger partial charge on any atom is -0.493 e. The quantitative estimate of drug-likeness (QED) is 0.312. The van der Waals surface area contributed by atoms with Crippen molar-refractivity contribution < 1.29 is 19.5 Å². The summed E-state index contributed by atoms with van der Waals surface area (Å²) >= 11 is 2.07. The number of nitrogens with one attached hydrogen (secondary N) is 1. The second-order valence-corrected chi connectivity index (χ2v) is 6.09. The Bertz CT molecular complexity index is 762. The fourth-order valence-electron chi connectivity index (χ4n) is 2.06. The molecule has 2 aromatic carbocycles. The first-order valence-corrected chi connectivity index (χ1v) is 8.16. The summed E-state index contributed by atoms with van der Waals surface area (Å²) in [5.74, 6) is 0.664. The first kappa shape index (κ1) is 18.1. The standard InChI is InChI=1S/C17H17IN2O4/c1-11-5-3-4-6-14(11)20-16(21)10-24-17-13(18)7-12(9-19-22)8-15(17)23-2/h3-9,22H,10H2,1-2H3,(H,20,21)/b19-9+. The lowest BCUT2D eigenvalue weighted by atomic mass is 10.2. The van der Waals surface area contributed by atoms with Crippen molar-refractivity contribution >= 4 is 40.4 Å². The third-order valence-electron chi connectivity index (χ3n) is 3.23. The van der Waals surface area contributed by atoms with Crippen molar-refractivity contribution in [1.82, 2.24) is 0 Å². The smallest absolute Gasteiger partial charge is 0.262 e. The zero-order valence-electron chi connectivity index (χ0n) is 13.2. The highest BCUT2D eigenvalue weighted by Gasteiger charge is 2.13. The van der Waals surface area contributed by atoms with Gasteiger partial charge in [0, 0.05) is 11.3 Å². The summed E-state index contributed by atoms with van der Waals surface area (Å²) in [6, 6.07) is 10.9. The summed E-state index contributed by atoms with van der Waals surface area (Å²) in [6.07, 6.45) is 1.29. The fourth-order valence-corrected chi connectivity index (χ4v) is 2.84. The van der Waals surface area contributed by atoms with Crippen molar-refractivity contribution in [2.75, 3.05) is 19.0 Å². The van der Waals surface area contributed by atoms with Crippen LogP contribution in [0, 0.1) is 10.5 Å². The van der Waals surface area contributed by atoms with Crippen LogP contribution in [0.2, 0.25) is 0 Å². The number of benzene rings is 2. The maximum atomic E-state index is 12.1. The Morgan fingerprint density at radius 2 is 2.12 bits per heavy atom. The molecule has 0 atom stereocenters. The number of carbonyl (C=O) groups excluding carboxylic acids is 1. The van der Waals surface area contributed by atoms with E-state index in [1.54, 1.807) is 12.1 Å². The number of amides is 1. The lowest BCUT2D eigenvalue weighted by molar-refractivity contribution is -0.118. The average Bonchev–Trinajstić information content (AvgIpc) is 2.56. The molecule has 0 unspecified atom stereocenters. The zero-order chi connectivity index (χ0) is 17.5. The van der Waals surface area contributed by atoms with E-state index in [0.717, 1.165) is 14.8 Å². The van der Waals surface area contributed by atoms with Crippen molar-refractivity contribution in [2.45, 2.75) is 6.92 Å². The van der Waals surface area contributed by atoms with Crippen molar-refractivity contribution in [3.05, 3.63) is 51.1 Å². The van der Waals surface area contributed by atoms with E-state index in [0.29, 0.717) is 17.1 Å². The van der Waals surface area contributed by atoms with Gasteiger partial charge >= 0.3 is 0 Å². The topological polar surface area (TPSA) is 80.2 Å². The molecule has 0 fully saturated rings. The van der Waals surface area contributed by atoms with Gasteiger partial charge in [0.25, 0.3) is 5.91 Å². The van der Waals surface area contributed by atoms with Gasteiger partial charge in [-0.1, -0.05) is 23.4 Å². The molecule has 2 aromatic rings. The van der Waals surface area contributed by atoms with Crippen LogP contribution in [0.15, 0.2) is 41.6 Å². The van der Waals surface area contributed by atoms with Gasteiger partial charge in [0.2, 0.25) is 0 Å². The van der Waals surface area contributed by atoms with E-state index in [4.69, 9.17) is 14.7 Å². The molecule has 0 aliphatic heterocycles. The summed E-state index contributed by atoms with van der Waals surface area (Å²) in [6.45, 7) is 1.78. The van der Waals surface area contributed by atoms with Gasteiger partial charge in [0.1, 0.15) is 0 Å². The second-order valence-electron chi connectivity index (χ2n) is 4.93. The third-order valence-corrected chi connectivity index (χ3v) is 4.03. The molecular weight excluding hydrogens is 423 g/mol. The molecule has 0 bridgehead atoms. The summed E-state index contributed by atoms with van der Waals surface area (Å²) in [4.78, 5) is 12.1. The molecule has 0 saturated heterocycles. The van der Waals surface area contributed by atoms with Gasteiger partial charge in [-0.2, -0.15) is 0 Å². The average molecular weight is 440 g/mol. The number of halogens is 1. The molecule has 6 nitrogen and oxygen atoms in total. The van der Waals surface area contributed by atoms with E-state index in [9.17, 15) is 4.79 Å². The van der Waals surface area contributed by atoms with Crippen LogP contribution < -0.4 is 14.8 Å². The summed E-state index contributed by atoms with van der Waals surface area (Å²) in [7, 11) is 1.51. The minimum absolute atomic E-state index is 0.145. The number of nitrogens with zero attached hydrogens (tertiary/aromatic N) is 1. The Balaban J connectivity index is 2.08. The maximum Gasteiger partial charge on any atom is 0.262 e. The van der Waals surface area contributed by atoms with Crippen LogP contribution in [-0.2, 0) is 4.79 Å². The highest BCUT2D eigenvalue weighted by atomic mass is 127. The molecule has 7 heteroatoms. The lowest BCUT2D eigenvalue weighted by Gasteiger charge is -2.14. The van der Waals surface area contributed by atoms with Crippen LogP contribution in [0.1, 0.15) is 11.1 Å². The molecule has 0 spiro atoms. The number of methoxy groups -OCH3 is 1. The molecule has 1 amide bonds. The Kier molecular flexibility index (Phi) is 6.42. The monoisotopic (exact) mass is 440 g/mol. The summed E-state index contributed by atoms with van der Waals surface area (Å²) < 4.78 is 11.6. The fraction of sp³-hybridized carbons (Fsp3) is 0.176. The van der Waals surface area contributed by atoms with Crippen LogP contribution >= 0.6 is 22.6 Å². The number of hydrogen-bond acceptors (Lipinski definition) is 5. The number of hydrogen-bond donors (Lipinski definition) is 2. The van der Waals surface area contributed by atoms with Gasteiger partial charge in [-0.3, -0.25) is 4.79 Å². The molecule has 0 saturated carbocycles. The molecule has 0 aliphatic rings. The molecule has 2 N–H and O–H groups in total. The zero-order valence-corrected chi connectivity index (χ0v) is 15.4. The molecule has 0 aromatic heterocycles. The minimum atomic E-state index is -0.261. The summed E-state index contributed by atoms with van der Waals surface area (Å²) in [5, 5.41) is 14.4. The third kappa shape index (κ3) is 4.60. The van der Waals surface area contributed by atoms with Crippen LogP contribution in [0.4, 0.5) is 5.69 Å². The molecule has 0 radical (unpaired) electrons. The highest BCUT2D eigenvalue weighted by Crippen LogP contribution is 2.33. The number of oxime groups is 1. The Morgan fingerprint density at radius 3 is 2.79 bits per heavy atom. The van der Waals surface area contributed by atoms with E-state index < -0.39 is 0 Å². The normalized spacial score (nSPS) is 10.6. The molecule has 0 aliphatic carbocycles. The van der Waals surface area contributed by atoms with Gasteiger partial charge in [-0.05, 0) is 53.3 Å². The predicted octanol–water partition coefficient (Wildman–Crippen LogP) is 3.43. The number of aryl methyl sites for hydroxylation is 1.